The van der Waals surface area contributed by atoms with E-state index in [0.29, 0.717) is 12.1 Å². The number of nitrogens with one attached hydrogen (secondary N) is 1. The molecule has 114 valence electrons. The van der Waals surface area contributed by atoms with E-state index in [9.17, 15) is 4.79 Å². The highest BCUT2D eigenvalue weighted by molar-refractivity contribution is 5.85. The second kappa shape index (κ2) is 4.97. The molecular weight excluding hydrogens is 254 g/mol. The van der Waals surface area contributed by atoms with E-state index in [4.69, 9.17) is 10.5 Å². The number of carbonyl (C=O) groups excluding carboxylic acids is 1. The molecule has 2 aliphatic carbocycles. The highest BCUT2D eigenvalue weighted by atomic mass is 16.5. The van der Waals surface area contributed by atoms with Gasteiger partial charge in [-0.1, -0.05) is 0 Å². The lowest BCUT2D eigenvalue weighted by Crippen LogP contribution is -2.59. The molecule has 2 unspecified atom stereocenters. The summed E-state index contributed by atoms with van der Waals surface area (Å²) in [6.07, 6.45) is 5.14. The molecule has 1 amide bonds. The minimum atomic E-state index is -0.472. The van der Waals surface area contributed by atoms with Crippen LogP contribution in [0.5, 0.6) is 0 Å². The summed E-state index contributed by atoms with van der Waals surface area (Å²) in [5.74, 6) is -0.169. The zero-order valence-electron chi connectivity index (χ0n) is 12.7. The average molecular weight is 281 g/mol. The molecule has 1 heterocycles. The predicted molar refractivity (Wildman–Crippen MR) is 77.3 cm³/mol. The van der Waals surface area contributed by atoms with Crippen LogP contribution in [0.4, 0.5) is 0 Å². The number of nitrogens with two attached hydrogens (primary N) is 1. The number of morpholine rings is 1. The van der Waals surface area contributed by atoms with E-state index < -0.39 is 5.54 Å². The fraction of sp³-hybridized carbons (Fsp3) is 0.933. The maximum absolute atomic E-state index is 12.0. The molecule has 2 saturated carbocycles. The number of ether oxygens (including phenoxy) is 1. The van der Waals surface area contributed by atoms with Crippen LogP contribution >= 0.6 is 0 Å². The van der Waals surface area contributed by atoms with Crippen LogP contribution in [-0.4, -0.2) is 53.7 Å². The van der Waals surface area contributed by atoms with E-state index in [-0.39, 0.29) is 11.4 Å². The van der Waals surface area contributed by atoms with Crippen molar-refractivity contribution in [3.05, 3.63) is 0 Å². The lowest BCUT2D eigenvalue weighted by molar-refractivity contribution is -0.125. The maximum atomic E-state index is 12.0. The Kier molecular flexibility index (Phi) is 3.55. The van der Waals surface area contributed by atoms with E-state index in [1.54, 1.807) is 0 Å². The molecule has 0 spiro atoms. The third-order valence-electron chi connectivity index (χ3n) is 5.17. The number of hydrogen-bond acceptors (Lipinski definition) is 4. The van der Waals surface area contributed by atoms with Gasteiger partial charge in [0.15, 0.2) is 0 Å². The van der Waals surface area contributed by atoms with Gasteiger partial charge < -0.3 is 15.8 Å². The van der Waals surface area contributed by atoms with Crippen molar-refractivity contribution < 1.29 is 9.53 Å². The fourth-order valence-electron chi connectivity index (χ4n) is 3.88. The van der Waals surface area contributed by atoms with Crippen molar-refractivity contribution >= 4 is 5.91 Å². The van der Waals surface area contributed by atoms with Gasteiger partial charge in [-0.15, -0.1) is 0 Å². The minimum Gasteiger partial charge on any atom is -0.378 e. The van der Waals surface area contributed by atoms with Gasteiger partial charge in [0.1, 0.15) is 0 Å². The number of hydrogen-bond donors (Lipinski definition) is 2. The Hall–Kier alpha value is -0.650. The molecule has 0 aromatic carbocycles. The minimum absolute atomic E-state index is 0.0518. The Morgan fingerprint density at radius 2 is 2.10 bits per heavy atom. The summed E-state index contributed by atoms with van der Waals surface area (Å²) < 4.78 is 5.60. The topological polar surface area (TPSA) is 67.6 Å². The van der Waals surface area contributed by atoms with Crippen molar-refractivity contribution in [2.45, 2.75) is 69.1 Å². The Morgan fingerprint density at radius 3 is 2.70 bits per heavy atom. The molecule has 0 aromatic heterocycles. The summed E-state index contributed by atoms with van der Waals surface area (Å²) in [6.45, 7) is 6.97. The van der Waals surface area contributed by atoms with Crippen LogP contribution in [0.2, 0.25) is 0 Å². The Balaban J connectivity index is 1.72. The zero-order valence-corrected chi connectivity index (χ0v) is 12.7. The van der Waals surface area contributed by atoms with Crippen molar-refractivity contribution in [1.29, 1.82) is 0 Å². The van der Waals surface area contributed by atoms with E-state index >= 15 is 0 Å². The van der Waals surface area contributed by atoms with Crippen molar-refractivity contribution in [1.82, 2.24) is 10.2 Å². The van der Waals surface area contributed by atoms with E-state index in [1.165, 1.54) is 12.8 Å². The van der Waals surface area contributed by atoms with Gasteiger partial charge in [-0.3, -0.25) is 9.69 Å². The van der Waals surface area contributed by atoms with E-state index in [1.807, 2.05) is 0 Å². The first-order chi connectivity index (χ1) is 9.43. The highest BCUT2D eigenvalue weighted by Crippen LogP contribution is 2.39. The molecular formula is C15H27N3O2. The summed E-state index contributed by atoms with van der Waals surface area (Å²) in [5, 5.41) is 3.53. The van der Waals surface area contributed by atoms with Crippen molar-refractivity contribution in [2.75, 3.05) is 19.8 Å². The normalized spacial score (nSPS) is 38.0. The zero-order chi connectivity index (χ0) is 14.4. The average Bonchev–Trinajstić information content (AvgIpc) is 3.07. The van der Waals surface area contributed by atoms with Gasteiger partial charge in [-0.25, -0.2) is 0 Å². The van der Waals surface area contributed by atoms with Crippen LogP contribution < -0.4 is 11.1 Å². The number of rotatable bonds is 4. The monoisotopic (exact) mass is 281 g/mol. The van der Waals surface area contributed by atoms with Crippen LogP contribution in [-0.2, 0) is 9.53 Å². The molecule has 3 rings (SSSR count). The number of amides is 1. The Bertz CT molecular complexity index is 395. The molecule has 0 bridgehead atoms. The molecule has 3 aliphatic rings. The quantitative estimate of drug-likeness (QED) is 0.793. The Labute approximate surface area is 121 Å². The lowest BCUT2D eigenvalue weighted by Gasteiger charge is -2.46. The second-order valence-corrected chi connectivity index (χ2v) is 7.32. The van der Waals surface area contributed by atoms with Gasteiger partial charge in [0.25, 0.3) is 0 Å². The van der Waals surface area contributed by atoms with Crippen molar-refractivity contribution in [3.63, 3.8) is 0 Å². The number of nitrogens with zero attached hydrogens (tertiary/aromatic N) is 1. The van der Waals surface area contributed by atoms with E-state index in [0.717, 1.165) is 39.0 Å². The molecule has 0 aromatic rings. The van der Waals surface area contributed by atoms with Crippen molar-refractivity contribution in [2.24, 2.45) is 5.73 Å². The van der Waals surface area contributed by atoms with Crippen LogP contribution in [0.15, 0.2) is 0 Å². The third-order valence-corrected chi connectivity index (χ3v) is 5.17. The maximum Gasteiger partial charge on any atom is 0.237 e. The van der Waals surface area contributed by atoms with Crippen LogP contribution in [0.3, 0.4) is 0 Å². The molecule has 1 saturated heterocycles. The summed E-state index contributed by atoms with van der Waals surface area (Å²) >= 11 is 0. The molecule has 0 radical (unpaired) electrons. The Morgan fingerprint density at radius 1 is 1.35 bits per heavy atom. The SMILES string of the molecule is CC1(C)COCCN1C1CCC(NC2CC2)(C(N)=O)C1. The van der Waals surface area contributed by atoms with Gasteiger partial charge in [0, 0.05) is 24.2 Å². The van der Waals surface area contributed by atoms with Gasteiger partial charge in [0.2, 0.25) is 5.91 Å². The largest absolute Gasteiger partial charge is 0.378 e. The molecule has 2 atom stereocenters. The molecule has 5 heteroatoms. The molecule has 1 aliphatic heterocycles. The van der Waals surface area contributed by atoms with Crippen molar-refractivity contribution in [3.8, 4) is 0 Å². The number of carbonyl (C=O) groups is 1. The first-order valence-corrected chi connectivity index (χ1v) is 7.85. The molecule has 3 N–H and O–H groups in total. The summed E-state index contributed by atoms with van der Waals surface area (Å²) in [4.78, 5) is 14.5. The van der Waals surface area contributed by atoms with E-state index in [2.05, 4.69) is 24.1 Å². The summed E-state index contributed by atoms with van der Waals surface area (Å²) in [5.41, 5.74) is 5.30. The van der Waals surface area contributed by atoms with Crippen LogP contribution in [0.1, 0.15) is 46.0 Å². The van der Waals surface area contributed by atoms with Gasteiger partial charge in [-0.2, -0.15) is 0 Å². The molecule has 3 fully saturated rings. The first kappa shape index (κ1) is 14.3. The van der Waals surface area contributed by atoms with Gasteiger partial charge >= 0.3 is 0 Å². The van der Waals surface area contributed by atoms with Gasteiger partial charge in [-0.05, 0) is 46.0 Å². The standard InChI is InChI=1S/C15H27N3O2/c1-14(2)10-20-8-7-18(14)12-5-6-15(9-12,13(16)19)17-11-3-4-11/h11-12,17H,3-10H2,1-2H3,(H2,16,19). The lowest BCUT2D eigenvalue weighted by atomic mass is 9.94. The fourth-order valence-corrected chi connectivity index (χ4v) is 3.88. The summed E-state index contributed by atoms with van der Waals surface area (Å²) in [6, 6.07) is 0.951. The smallest absolute Gasteiger partial charge is 0.237 e. The highest BCUT2D eigenvalue weighted by Gasteiger charge is 2.50. The van der Waals surface area contributed by atoms with Crippen LogP contribution in [0.25, 0.3) is 0 Å². The molecule has 5 nitrogen and oxygen atoms in total. The first-order valence-electron chi connectivity index (χ1n) is 7.85. The second-order valence-electron chi connectivity index (χ2n) is 7.32. The number of primary amides is 1. The van der Waals surface area contributed by atoms with Gasteiger partial charge in [0.05, 0.1) is 18.8 Å². The third kappa shape index (κ3) is 2.59. The predicted octanol–water partition coefficient (Wildman–Crippen LogP) is 0.626. The summed E-state index contributed by atoms with van der Waals surface area (Å²) in [7, 11) is 0. The molecule has 20 heavy (non-hydrogen) atoms. The van der Waals surface area contributed by atoms with Crippen LogP contribution in [0, 0.1) is 0 Å².